The first-order chi connectivity index (χ1) is 35.0. The van der Waals surface area contributed by atoms with Gasteiger partial charge in [-0.05, 0) is 25.7 Å². The highest BCUT2D eigenvalue weighted by molar-refractivity contribution is 14.1. The lowest BCUT2D eigenvalue weighted by atomic mass is 9.97. The van der Waals surface area contributed by atoms with Gasteiger partial charge in [-0.1, -0.05) is 45.2 Å². The number of amides is 4. The van der Waals surface area contributed by atoms with Gasteiger partial charge in [-0.25, -0.2) is 0 Å². The summed E-state index contributed by atoms with van der Waals surface area (Å²) in [6, 6.07) is -3.00. The van der Waals surface area contributed by atoms with E-state index in [-0.39, 0.29) is 121 Å². The Morgan fingerprint density at radius 3 is 1.35 bits per heavy atom. The molecule has 75 heavy (non-hydrogen) atoms. The van der Waals surface area contributed by atoms with Gasteiger partial charge in [0, 0.05) is 68.5 Å². The first-order valence-electron chi connectivity index (χ1n) is 22.3. The van der Waals surface area contributed by atoms with E-state index in [1.165, 1.54) is 0 Å². The van der Waals surface area contributed by atoms with Crippen LogP contribution in [0.2, 0.25) is 0 Å². The molecule has 436 valence electrons. The third-order valence-electron chi connectivity index (χ3n) is 9.24. The molecule has 0 saturated carbocycles. The highest BCUT2D eigenvalue weighted by Crippen LogP contribution is 2.12. The fraction of sp³-hybridized carbons (Fsp3) is 0.750. The summed E-state index contributed by atoms with van der Waals surface area (Å²) < 4.78 is 12.8. The number of aliphatic carboxylic acids is 3. The number of carboxylic acids is 3. The Kier molecular flexibility index (Phi) is 46.5. The number of halogens is 2. The molecule has 0 aromatic heterocycles. The molecule has 29 nitrogen and oxygen atoms in total. The summed E-state index contributed by atoms with van der Waals surface area (Å²) in [6.07, 6.45) is -13.6. The molecule has 35 heteroatoms. The summed E-state index contributed by atoms with van der Waals surface area (Å²) in [5.74, 6) is -6.97. The molecule has 0 aromatic carbocycles. The first kappa shape index (κ1) is 76.8. The number of hydrogen-bond acceptors (Lipinski definition) is 25. The summed E-state index contributed by atoms with van der Waals surface area (Å²) in [5.41, 5.74) is 13.6. The van der Waals surface area contributed by atoms with Crippen molar-refractivity contribution in [1.29, 1.82) is 0 Å². The summed E-state index contributed by atoms with van der Waals surface area (Å²) in [6.45, 7) is 0.300. The number of nitrogens with one attached hydrogen (secondary N) is 4. The second kappa shape index (κ2) is 45.4. The number of thioether (sulfide) groups is 2. The number of aliphatic hydroxyl groups excluding tert-OH is 8. The van der Waals surface area contributed by atoms with E-state index < -0.39 is 119 Å². The zero-order valence-electron chi connectivity index (χ0n) is 40.4. The van der Waals surface area contributed by atoms with E-state index in [4.69, 9.17) is 32.5 Å². The van der Waals surface area contributed by atoms with Crippen molar-refractivity contribution >= 4 is 151 Å². The largest absolute Gasteiger partial charge is 0.480 e. The maximum Gasteiger partial charge on any atom is 0.321 e. The van der Waals surface area contributed by atoms with Crippen LogP contribution in [0.4, 0.5) is 0 Å². The van der Waals surface area contributed by atoms with Crippen LogP contribution in [-0.2, 0) is 58.7 Å². The molecule has 0 fully saturated rings. The number of rotatable bonds is 40. The molecular weight excluding hydrogens is 1310 g/mol. The number of thiol groups is 1. The second-order valence-corrected chi connectivity index (χ2v) is 21.2. The molecule has 0 aliphatic heterocycles. The molecule has 4 amide bonds. The van der Waals surface area contributed by atoms with Crippen LogP contribution in [0, 0.1) is 0 Å². The van der Waals surface area contributed by atoms with E-state index in [9.17, 15) is 93.0 Å². The Balaban J connectivity index is -0.00000128. The maximum absolute atomic E-state index is 12.2. The standard InChI is InChI=1S/C21H38N4O12S3.C16H26I2N2O8.C3H7NO2S/c22-12(19(32)33)8-38-7-11(26)3-1-4-25-18(31)16(29)15(28)17(30)21(36)40(37)6-2-5-24-14(27)10-39-9-13(23)20(34)35;17-7-9(21)3-1-6-20-16(28)15(27)14(26)13(25)12(24)10(22)4-2-5-19-11(23)8-18;4-2(1-7)3(5)6/h12-13,15-17,21,28-30,36H,1-10,22-23H2,(H,24,27)(H,25,31)(H,32,33)(H,34,35);12-15,24-27H,1-8H2,(H,19,23)(H,20,28);2,7H,1,4H2,(H,5,6)/t12?,13?,15-,16-,17-,21-,40?;12-,13+,14+,15-;2-/m001/s1. The monoisotopic (exact) mass is 1380 g/mol. The predicted molar refractivity (Wildman–Crippen MR) is 294 cm³/mol. The summed E-state index contributed by atoms with van der Waals surface area (Å²) >= 11 is 9.53. The average Bonchev–Trinajstić information content (AvgIpc) is 3.38. The minimum absolute atomic E-state index is 0.0151. The average molecular weight is 1380 g/mol. The number of nitrogens with two attached hydrogens (primary N) is 3. The summed E-state index contributed by atoms with van der Waals surface area (Å²) in [5, 5.41) is 114. The highest BCUT2D eigenvalue weighted by Gasteiger charge is 2.38. The maximum atomic E-state index is 12.2. The topological polar surface area (TPSA) is 536 Å². The molecule has 0 saturated heterocycles. The van der Waals surface area contributed by atoms with Gasteiger partial charge in [0.15, 0.2) is 23.4 Å². The van der Waals surface area contributed by atoms with Gasteiger partial charge >= 0.3 is 17.9 Å². The zero-order chi connectivity index (χ0) is 58.4. The second-order valence-electron chi connectivity index (χ2n) is 15.6. The molecule has 21 N–H and O–H groups in total. The van der Waals surface area contributed by atoms with Crippen LogP contribution in [0.15, 0.2) is 0 Å². The number of ketones is 3. The van der Waals surface area contributed by atoms with Crippen LogP contribution in [0.25, 0.3) is 0 Å². The number of carbonyl (C=O) groups excluding carboxylic acids is 7. The van der Waals surface area contributed by atoms with Crippen molar-refractivity contribution in [3.8, 4) is 0 Å². The van der Waals surface area contributed by atoms with Crippen molar-refractivity contribution in [2.75, 3.05) is 69.6 Å². The van der Waals surface area contributed by atoms with Crippen LogP contribution >= 0.6 is 81.3 Å². The lowest BCUT2D eigenvalue weighted by Gasteiger charge is -2.25. The fourth-order valence-electron chi connectivity index (χ4n) is 4.83. The van der Waals surface area contributed by atoms with Crippen LogP contribution in [0.1, 0.15) is 44.9 Å². The molecule has 0 heterocycles. The Hall–Kier alpha value is -2.48. The van der Waals surface area contributed by atoms with Gasteiger partial charge in [-0.3, -0.25) is 52.2 Å². The molecule has 0 aliphatic carbocycles. The Morgan fingerprint density at radius 2 is 0.907 bits per heavy atom. The van der Waals surface area contributed by atoms with Crippen molar-refractivity contribution in [1.82, 2.24) is 21.3 Å². The fourth-order valence-corrected chi connectivity index (χ4v) is 8.46. The first-order valence-corrected chi connectivity index (χ1v) is 29.7. The molecule has 3 unspecified atom stereocenters. The van der Waals surface area contributed by atoms with E-state index in [1.54, 1.807) is 0 Å². The molecule has 12 atom stereocenters. The van der Waals surface area contributed by atoms with Crippen molar-refractivity contribution in [3.63, 3.8) is 0 Å². The quantitative estimate of drug-likeness (QED) is 0.0117. The Morgan fingerprint density at radius 1 is 0.507 bits per heavy atom. The SMILES string of the molecule is NC(CSCC(=O)CCCNC(=O)[C@@H](O)[C@H](O)[C@H](O)[C@@H](O)S(=O)CCCNC(=O)CSCC(N)C(=O)O)C(=O)O.N[C@H](CS)C(=O)O.O=C(CI)CCCNC(=O)[C@@H](O)[C@H](O)[C@H](O)[C@@H](O)C(=O)CCCNC(=O)CI. The van der Waals surface area contributed by atoms with Gasteiger partial charge in [0.1, 0.15) is 60.2 Å². The number of aliphatic hydroxyl groups is 8. The minimum atomic E-state index is -2.18. The number of Topliss-reactive ketones (excluding diaryl/α,β-unsaturated/α-hetero) is 3. The van der Waals surface area contributed by atoms with Crippen molar-refractivity contribution in [2.24, 2.45) is 17.2 Å². The van der Waals surface area contributed by atoms with Crippen LogP contribution in [0.3, 0.4) is 0 Å². The number of carboxylic acid groups (broad SMARTS) is 3. The third kappa shape index (κ3) is 37.9. The van der Waals surface area contributed by atoms with Gasteiger partial charge in [0.25, 0.3) is 11.8 Å². The van der Waals surface area contributed by atoms with Gasteiger partial charge < -0.3 is 94.6 Å². The molecule has 0 bridgehead atoms. The normalized spacial score (nSPS) is 15.8. The van der Waals surface area contributed by atoms with Gasteiger partial charge in [-0.15, -0.1) is 11.8 Å². The third-order valence-corrected chi connectivity index (χ3v) is 14.9. The Bertz CT molecular complexity index is 1690. The van der Waals surface area contributed by atoms with Gasteiger partial charge in [-0.2, -0.15) is 24.4 Å². The molecular formula is C40H71I2N7O22S4. The van der Waals surface area contributed by atoms with Crippen LogP contribution < -0.4 is 38.5 Å². The molecule has 0 radical (unpaired) electrons. The summed E-state index contributed by atoms with van der Waals surface area (Å²) in [7, 11) is -2.11. The number of alkyl halides is 2. The molecule has 0 rings (SSSR count). The van der Waals surface area contributed by atoms with E-state index in [2.05, 4.69) is 33.9 Å². The molecule has 0 aliphatic rings. The number of hydrogen-bond donors (Lipinski definition) is 19. The summed E-state index contributed by atoms with van der Waals surface area (Å²) in [4.78, 5) is 112. The van der Waals surface area contributed by atoms with Crippen LogP contribution in [-0.4, -0.2) is 255 Å². The predicted octanol–water partition coefficient (Wildman–Crippen LogP) is -7.04. The van der Waals surface area contributed by atoms with Gasteiger partial charge in [0.2, 0.25) is 11.8 Å². The van der Waals surface area contributed by atoms with E-state index >= 15 is 0 Å². The van der Waals surface area contributed by atoms with E-state index in [0.29, 0.717) is 10.8 Å². The Labute approximate surface area is 475 Å². The lowest BCUT2D eigenvalue weighted by molar-refractivity contribution is -0.154. The molecule has 0 spiro atoms. The van der Waals surface area contributed by atoms with Crippen molar-refractivity contribution in [3.05, 3.63) is 0 Å². The number of carbonyl (C=O) groups is 10. The van der Waals surface area contributed by atoms with E-state index in [1.807, 2.05) is 45.2 Å². The smallest absolute Gasteiger partial charge is 0.321 e. The minimum Gasteiger partial charge on any atom is -0.480 e. The van der Waals surface area contributed by atoms with Gasteiger partial charge in [0.05, 0.1) is 31.2 Å². The highest BCUT2D eigenvalue weighted by atomic mass is 127. The lowest BCUT2D eigenvalue weighted by Crippen LogP contribution is -2.52. The van der Waals surface area contributed by atoms with Crippen molar-refractivity contribution in [2.45, 2.75) is 111 Å². The zero-order valence-corrected chi connectivity index (χ0v) is 48.0. The van der Waals surface area contributed by atoms with Crippen molar-refractivity contribution < 1.29 is 108 Å². The molecule has 0 aromatic rings. The van der Waals surface area contributed by atoms with Crippen LogP contribution in [0.5, 0.6) is 0 Å². The van der Waals surface area contributed by atoms with E-state index in [0.717, 1.165) is 23.5 Å².